The van der Waals surface area contributed by atoms with E-state index >= 15 is 0 Å². The Morgan fingerprint density at radius 1 is 1.12 bits per heavy atom. The fourth-order valence-electron chi connectivity index (χ4n) is 4.26. The van der Waals surface area contributed by atoms with E-state index in [9.17, 15) is 22.7 Å². The maximum Gasteiger partial charge on any atom is 0.416 e. The molecule has 2 N–H and O–H groups in total. The predicted molar refractivity (Wildman–Crippen MR) is 120 cm³/mol. The Labute approximate surface area is 191 Å². The van der Waals surface area contributed by atoms with Gasteiger partial charge in [0.1, 0.15) is 11.6 Å². The predicted octanol–water partition coefficient (Wildman–Crippen LogP) is 4.64. The summed E-state index contributed by atoms with van der Waals surface area (Å²) in [7, 11) is 5.64. The van der Waals surface area contributed by atoms with Crippen molar-refractivity contribution in [2.24, 2.45) is 0 Å². The van der Waals surface area contributed by atoms with Crippen molar-refractivity contribution in [3.8, 4) is 5.75 Å². The Bertz CT molecular complexity index is 964. The maximum absolute atomic E-state index is 14.7. The smallest absolute Gasteiger partial charge is 0.416 e. The van der Waals surface area contributed by atoms with E-state index in [1.54, 1.807) is 31.3 Å². The van der Waals surface area contributed by atoms with Gasteiger partial charge in [-0.15, -0.1) is 0 Å². The second kappa shape index (κ2) is 10.5. The van der Waals surface area contributed by atoms with Crippen LogP contribution in [-0.2, 0) is 6.18 Å². The van der Waals surface area contributed by atoms with Crippen molar-refractivity contribution in [1.82, 2.24) is 20.1 Å². The summed E-state index contributed by atoms with van der Waals surface area (Å²) in [4.78, 5) is 8.21. The first-order chi connectivity index (χ1) is 15.6. The van der Waals surface area contributed by atoms with Crippen molar-refractivity contribution >= 4 is 5.70 Å². The molecule has 1 unspecified atom stereocenters. The van der Waals surface area contributed by atoms with Crippen molar-refractivity contribution in [2.75, 3.05) is 40.8 Å². The standard InChI is InChI=1S/C18H17F4N3O.C6H13N/c1-23-14-4-6-25(2)17(11-3-5-24-9-12(11)14)16-13(19)7-10(8-15(16)26)18(20,21)22;1-7-5-3-2-4-6-7/h3-5,7-9,17,23,26H,6H2,1-2H3;2-6H2,1H3. The zero-order valence-corrected chi connectivity index (χ0v) is 19.1. The van der Waals surface area contributed by atoms with Crippen LogP contribution in [0.25, 0.3) is 5.70 Å². The van der Waals surface area contributed by atoms with Crippen LogP contribution in [0.5, 0.6) is 5.75 Å². The number of halogens is 4. The third-order valence-electron chi connectivity index (χ3n) is 6.02. The highest BCUT2D eigenvalue weighted by Crippen LogP contribution is 2.42. The molecule has 1 aromatic heterocycles. The highest BCUT2D eigenvalue weighted by atomic mass is 19.4. The lowest BCUT2D eigenvalue weighted by Gasteiger charge is -2.28. The van der Waals surface area contributed by atoms with Crippen LogP contribution in [0.1, 0.15) is 47.6 Å². The lowest BCUT2D eigenvalue weighted by molar-refractivity contribution is -0.137. The molecular weight excluding hydrogens is 436 g/mol. The number of aromatic nitrogens is 1. The number of alkyl halides is 3. The average Bonchev–Trinajstić information content (AvgIpc) is 2.90. The molecule has 0 saturated carbocycles. The monoisotopic (exact) mass is 466 g/mol. The molecular formula is C24H30F4N4O. The van der Waals surface area contributed by atoms with E-state index in [0.717, 1.165) is 5.70 Å². The summed E-state index contributed by atoms with van der Waals surface area (Å²) in [6.45, 7) is 3.04. The molecule has 2 aliphatic rings. The molecule has 9 heteroatoms. The topological polar surface area (TPSA) is 51.6 Å². The van der Waals surface area contributed by atoms with Gasteiger partial charge < -0.3 is 15.3 Å². The molecule has 180 valence electrons. The molecule has 0 radical (unpaired) electrons. The molecule has 0 bridgehead atoms. The largest absolute Gasteiger partial charge is 0.507 e. The fraction of sp³-hybridized carbons (Fsp3) is 0.458. The molecule has 0 spiro atoms. The summed E-state index contributed by atoms with van der Waals surface area (Å²) >= 11 is 0. The Balaban J connectivity index is 0.000000374. The minimum atomic E-state index is -4.74. The van der Waals surface area contributed by atoms with Gasteiger partial charge in [-0.1, -0.05) is 6.42 Å². The van der Waals surface area contributed by atoms with Gasteiger partial charge in [-0.05, 0) is 69.9 Å². The number of nitrogens with zero attached hydrogens (tertiary/aromatic N) is 3. The summed E-state index contributed by atoms with van der Waals surface area (Å²) in [5.74, 6) is -1.84. The number of phenols is 1. The van der Waals surface area contributed by atoms with Crippen LogP contribution in [0.4, 0.5) is 17.6 Å². The third kappa shape index (κ3) is 5.83. The van der Waals surface area contributed by atoms with Gasteiger partial charge in [-0.25, -0.2) is 4.39 Å². The van der Waals surface area contributed by atoms with Crippen LogP contribution in [0, 0.1) is 5.82 Å². The first-order valence-corrected chi connectivity index (χ1v) is 10.9. The van der Waals surface area contributed by atoms with Crippen molar-refractivity contribution < 1.29 is 22.7 Å². The summed E-state index contributed by atoms with van der Waals surface area (Å²) in [5.41, 5.74) is 0.682. The highest BCUT2D eigenvalue weighted by molar-refractivity contribution is 5.68. The normalized spacial score (nSPS) is 19.6. The van der Waals surface area contributed by atoms with E-state index in [4.69, 9.17) is 0 Å². The average molecular weight is 467 g/mol. The molecule has 5 nitrogen and oxygen atoms in total. The van der Waals surface area contributed by atoms with Crippen molar-refractivity contribution in [1.29, 1.82) is 0 Å². The van der Waals surface area contributed by atoms with E-state index in [-0.39, 0.29) is 5.56 Å². The van der Waals surface area contributed by atoms with Crippen LogP contribution in [-0.4, -0.2) is 60.7 Å². The number of pyridine rings is 1. The number of piperidine rings is 1. The second-order valence-electron chi connectivity index (χ2n) is 8.43. The quantitative estimate of drug-likeness (QED) is 0.632. The van der Waals surface area contributed by atoms with Gasteiger partial charge in [0.05, 0.1) is 17.2 Å². The molecule has 1 aromatic carbocycles. The van der Waals surface area contributed by atoms with E-state index in [0.29, 0.717) is 29.8 Å². The number of likely N-dealkylation sites (N-methyl/N-ethyl adjacent to an activating group) is 1. The number of phenolic OH excluding ortho intramolecular Hbond substituents is 1. The molecule has 3 heterocycles. The van der Waals surface area contributed by atoms with E-state index in [2.05, 4.69) is 22.2 Å². The van der Waals surface area contributed by atoms with Crippen LogP contribution in [0.15, 0.2) is 36.7 Å². The van der Waals surface area contributed by atoms with Crippen molar-refractivity contribution in [3.05, 3.63) is 64.7 Å². The first-order valence-electron chi connectivity index (χ1n) is 10.9. The van der Waals surface area contributed by atoms with E-state index in [1.807, 2.05) is 6.08 Å². The lowest BCUT2D eigenvalue weighted by atomic mass is 9.92. The van der Waals surface area contributed by atoms with Crippen LogP contribution >= 0.6 is 0 Å². The van der Waals surface area contributed by atoms with Gasteiger partial charge in [0, 0.05) is 37.2 Å². The molecule has 0 aliphatic carbocycles. The molecule has 2 aliphatic heterocycles. The van der Waals surface area contributed by atoms with Crippen LogP contribution < -0.4 is 5.32 Å². The number of hydrogen-bond acceptors (Lipinski definition) is 5. The first kappa shape index (κ1) is 25.0. The number of rotatable bonds is 2. The molecule has 33 heavy (non-hydrogen) atoms. The summed E-state index contributed by atoms with van der Waals surface area (Å²) < 4.78 is 53.3. The van der Waals surface area contributed by atoms with Crippen molar-refractivity contribution in [2.45, 2.75) is 31.5 Å². The Kier molecular flexibility index (Phi) is 7.97. The molecule has 1 saturated heterocycles. The number of nitrogens with one attached hydrogen (secondary N) is 1. The fourth-order valence-corrected chi connectivity index (χ4v) is 4.26. The third-order valence-corrected chi connectivity index (χ3v) is 6.02. The summed E-state index contributed by atoms with van der Waals surface area (Å²) in [5, 5.41) is 13.3. The number of likely N-dealkylation sites (tertiary alicyclic amines) is 1. The van der Waals surface area contributed by atoms with Crippen molar-refractivity contribution in [3.63, 3.8) is 0 Å². The van der Waals surface area contributed by atoms with Gasteiger partial charge >= 0.3 is 6.18 Å². The molecule has 1 atom stereocenters. The number of aromatic hydroxyl groups is 1. The molecule has 0 amide bonds. The van der Waals surface area contributed by atoms with Gasteiger partial charge in [-0.2, -0.15) is 13.2 Å². The number of fused-ring (bicyclic) bond motifs is 1. The maximum atomic E-state index is 14.7. The van der Waals surface area contributed by atoms with E-state index in [1.165, 1.54) is 38.5 Å². The SMILES string of the molecule is CN1CCCCC1.CNC1=CCN(C)C(c2c(O)cc(C(F)(F)F)cc2F)c2ccncc21. The Hall–Kier alpha value is -2.65. The van der Waals surface area contributed by atoms with E-state index < -0.39 is 29.3 Å². The second-order valence-corrected chi connectivity index (χ2v) is 8.43. The number of benzene rings is 1. The molecule has 1 fully saturated rings. The molecule has 4 rings (SSSR count). The zero-order valence-electron chi connectivity index (χ0n) is 19.1. The van der Waals surface area contributed by atoms with Gasteiger partial charge in [0.2, 0.25) is 0 Å². The minimum Gasteiger partial charge on any atom is -0.507 e. The van der Waals surface area contributed by atoms with Gasteiger partial charge in [-0.3, -0.25) is 9.88 Å². The highest BCUT2D eigenvalue weighted by Gasteiger charge is 2.35. The summed E-state index contributed by atoms with van der Waals surface area (Å²) in [6, 6.07) is 1.88. The van der Waals surface area contributed by atoms with Crippen LogP contribution in [0.2, 0.25) is 0 Å². The lowest BCUT2D eigenvalue weighted by Crippen LogP contribution is -2.26. The zero-order chi connectivity index (χ0) is 24.2. The Morgan fingerprint density at radius 2 is 1.82 bits per heavy atom. The molecule has 2 aromatic rings. The van der Waals surface area contributed by atoms with Gasteiger partial charge in [0.25, 0.3) is 0 Å². The number of hydrogen-bond donors (Lipinski definition) is 2. The summed E-state index contributed by atoms with van der Waals surface area (Å²) in [6.07, 6.45) is 4.53. The van der Waals surface area contributed by atoms with Gasteiger partial charge in [0.15, 0.2) is 0 Å². The minimum absolute atomic E-state index is 0.196. The van der Waals surface area contributed by atoms with Crippen LogP contribution in [0.3, 0.4) is 0 Å². The Morgan fingerprint density at radius 3 is 2.36 bits per heavy atom.